The fourth-order valence-corrected chi connectivity index (χ4v) is 4.10. The van der Waals surface area contributed by atoms with E-state index in [0.717, 1.165) is 40.0 Å². The van der Waals surface area contributed by atoms with E-state index < -0.39 is 0 Å². The normalized spacial score (nSPS) is 14.8. The van der Waals surface area contributed by atoms with E-state index in [1.807, 2.05) is 79.4 Å². The van der Waals surface area contributed by atoms with Gasteiger partial charge in [-0.15, -0.1) is 0 Å². The van der Waals surface area contributed by atoms with Crippen LogP contribution in [-0.2, 0) is 13.0 Å². The number of rotatable bonds is 4. The van der Waals surface area contributed by atoms with Gasteiger partial charge in [0.25, 0.3) is 5.91 Å². The van der Waals surface area contributed by atoms with Crippen LogP contribution in [0.15, 0.2) is 66.7 Å². The van der Waals surface area contributed by atoms with Crippen LogP contribution >= 0.6 is 0 Å². The molecule has 1 aliphatic rings. The van der Waals surface area contributed by atoms with Gasteiger partial charge in [0.05, 0.1) is 0 Å². The van der Waals surface area contributed by atoms with E-state index in [1.165, 1.54) is 0 Å². The summed E-state index contributed by atoms with van der Waals surface area (Å²) in [7, 11) is 0. The Hall–Kier alpha value is -3.60. The largest absolute Gasteiger partial charge is 0.334 e. The maximum atomic E-state index is 13.1. The number of carbonyl (C=O) groups is 2. The lowest BCUT2D eigenvalue weighted by Gasteiger charge is -2.23. The van der Waals surface area contributed by atoms with E-state index in [9.17, 15) is 9.59 Å². The van der Waals surface area contributed by atoms with Gasteiger partial charge >= 0.3 is 6.03 Å². The molecule has 1 atom stereocenters. The third-order valence-corrected chi connectivity index (χ3v) is 5.69. The molecule has 0 spiro atoms. The zero-order chi connectivity index (χ0) is 22.0. The van der Waals surface area contributed by atoms with Crippen molar-refractivity contribution in [3.05, 3.63) is 94.5 Å². The highest BCUT2D eigenvalue weighted by atomic mass is 16.2. The van der Waals surface area contributed by atoms with Crippen LogP contribution in [0.1, 0.15) is 39.5 Å². The van der Waals surface area contributed by atoms with Crippen LogP contribution in [-0.4, -0.2) is 18.0 Å². The quantitative estimate of drug-likeness (QED) is 0.616. The number of amides is 3. The molecule has 1 aliphatic heterocycles. The molecule has 0 saturated carbocycles. The monoisotopic (exact) mass is 413 g/mol. The molecule has 4 rings (SSSR count). The molecule has 0 unspecified atom stereocenters. The highest BCUT2D eigenvalue weighted by Gasteiger charge is 2.31. The van der Waals surface area contributed by atoms with Crippen molar-refractivity contribution in [1.82, 2.24) is 5.32 Å². The maximum absolute atomic E-state index is 13.1. The first kappa shape index (κ1) is 20.7. The van der Waals surface area contributed by atoms with Gasteiger partial charge in [-0.3, -0.25) is 4.79 Å². The molecule has 0 aromatic heterocycles. The molecule has 3 aromatic carbocycles. The predicted molar refractivity (Wildman–Crippen MR) is 125 cm³/mol. The minimum atomic E-state index is -0.252. The van der Waals surface area contributed by atoms with Gasteiger partial charge < -0.3 is 15.5 Å². The average molecular weight is 414 g/mol. The van der Waals surface area contributed by atoms with Gasteiger partial charge in [-0.2, -0.15) is 0 Å². The van der Waals surface area contributed by atoms with Crippen molar-refractivity contribution < 1.29 is 9.59 Å². The first-order valence-electron chi connectivity index (χ1n) is 10.5. The van der Waals surface area contributed by atoms with Gasteiger partial charge in [-0.1, -0.05) is 48.0 Å². The van der Waals surface area contributed by atoms with Crippen LogP contribution in [0, 0.1) is 13.8 Å². The van der Waals surface area contributed by atoms with Gasteiger partial charge in [-0.25, -0.2) is 4.79 Å². The number of hydrogen-bond donors (Lipinski definition) is 2. The molecular formula is C26H27N3O2. The third kappa shape index (κ3) is 4.45. The Labute approximate surface area is 183 Å². The number of carbonyl (C=O) groups excluding carboxylic acids is 2. The Balaban J connectivity index is 1.46. The van der Waals surface area contributed by atoms with E-state index in [-0.39, 0.29) is 18.0 Å². The molecular weight excluding hydrogens is 386 g/mol. The first-order valence-corrected chi connectivity index (χ1v) is 10.5. The van der Waals surface area contributed by atoms with Crippen LogP contribution in [0.4, 0.5) is 16.2 Å². The summed E-state index contributed by atoms with van der Waals surface area (Å²) in [4.78, 5) is 27.3. The van der Waals surface area contributed by atoms with Gasteiger partial charge in [0.15, 0.2) is 0 Å². The Morgan fingerprint density at radius 3 is 2.52 bits per heavy atom. The lowest BCUT2D eigenvalue weighted by molar-refractivity contribution is 0.0981. The number of nitrogens with one attached hydrogen (secondary N) is 2. The van der Waals surface area contributed by atoms with Crippen molar-refractivity contribution in [1.29, 1.82) is 0 Å². The molecule has 0 fully saturated rings. The van der Waals surface area contributed by atoms with Crippen LogP contribution in [0.5, 0.6) is 0 Å². The Bertz CT molecular complexity index is 1120. The lowest BCUT2D eigenvalue weighted by Crippen LogP contribution is -2.35. The van der Waals surface area contributed by atoms with Crippen molar-refractivity contribution in [3.63, 3.8) is 0 Å². The number of anilines is 2. The predicted octanol–water partition coefficient (Wildman–Crippen LogP) is 5.22. The highest BCUT2D eigenvalue weighted by Crippen LogP contribution is 2.34. The molecule has 0 saturated heterocycles. The second-order valence-corrected chi connectivity index (χ2v) is 8.18. The smallest absolute Gasteiger partial charge is 0.319 e. The number of hydrogen-bond acceptors (Lipinski definition) is 2. The van der Waals surface area contributed by atoms with Crippen molar-refractivity contribution in [3.8, 4) is 0 Å². The summed E-state index contributed by atoms with van der Waals surface area (Å²) in [5, 5.41) is 5.81. The standard InChI is InChI=1S/C26H27N3O2/c1-17-9-12-23(18(2)13-17)28-26(31)27-16-20-10-11-22-14-19(3)29(24(22)15-20)25(30)21-7-5-4-6-8-21/h4-13,15,19H,14,16H2,1-3H3,(H2,27,28,31)/t19-/m0/s1. The number of aryl methyl sites for hydroxylation is 2. The molecule has 3 amide bonds. The molecule has 0 aliphatic carbocycles. The van der Waals surface area contributed by atoms with Crippen molar-refractivity contribution in [2.45, 2.75) is 39.8 Å². The molecule has 158 valence electrons. The van der Waals surface area contributed by atoms with E-state index in [2.05, 4.69) is 23.6 Å². The van der Waals surface area contributed by atoms with Crippen molar-refractivity contribution in [2.24, 2.45) is 0 Å². The Morgan fingerprint density at radius 2 is 1.77 bits per heavy atom. The third-order valence-electron chi connectivity index (χ3n) is 5.69. The first-order chi connectivity index (χ1) is 14.9. The van der Waals surface area contributed by atoms with Crippen LogP contribution in [0.25, 0.3) is 0 Å². The van der Waals surface area contributed by atoms with Gasteiger partial charge in [-0.05, 0) is 68.1 Å². The van der Waals surface area contributed by atoms with Crippen LogP contribution < -0.4 is 15.5 Å². The molecule has 0 bridgehead atoms. The van der Waals surface area contributed by atoms with Gasteiger partial charge in [0, 0.05) is 29.5 Å². The molecule has 5 heteroatoms. The highest BCUT2D eigenvalue weighted by molar-refractivity contribution is 6.07. The van der Waals surface area contributed by atoms with E-state index in [4.69, 9.17) is 0 Å². The number of nitrogens with zero attached hydrogens (tertiary/aromatic N) is 1. The SMILES string of the molecule is Cc1ccc(NC(=O)NCc2ccc3c(c2)N(C(=O)c2ccccc2)[C@@H](C)C3)c(C)c1. The second kappa shape index (κ2) is 8.64. The summed E-state index contributed by atoms with van der Waals surface area (Å²) in [6.45, 7) is 6.45. The molecule has 0 radical (unpaired) electrons. The zero-order valence-corrected chi connectivity index (χ0v) is 18.1. The number of urea groups is 1. The van der Waals surface area contributed by atoms with E-state index in [1.54, 1.807) is 0 Å². The topological polar surface area (TPSA) is 61.4 Å². The summed E-state index contributed by atoms with van der Waals surface area (Å²) in [6, 6.07) is 21.2. The minimum absolute atomic E-state index is 0.00421. The summed E-state index contributed by atoms with van der Waals surface area (Å²) in [5.74, 6) is 0.00421. The minimum Gasteiger partial charge on any atom is -0.334 e. The fraction of sp³-hybridized carbons (Fsp3) is 0.231. The molecule has 31 heavy (non-hydrogen) atoms. The van der Waals surface area contributed by atoms with E-state index >= 15 is 0 Å². The van der Waals surface area contributed by atoms with Crippen LogP contribution in [0.3, 0.4) is 0 Å². The number of benzene rings is 3. The van der Waals surface area contributed by atoms with Crippen molar-refractivity contribution in [2.75, 3.05) is 10.2 Å². The fourth-order valence-electron chi connectivity index (χ4n) is 4.10. The molecule has 5 nitrogen and oxygen atoms in total. The van der Waals surface area contributed by atoms with Crippen molar-refractivity contribution >= 4 is 23.3 Å². The summed E-state index contributed by atoms with van der Waals surface area (Å²) in [6.07, 6.45) is 0.828. The Kier molecular flexibility index (Phi) is 5.76. The number of fused-ring (bicyclic) bond motifs is 1. The van der Waals surface area contributed by atoms with Gasteiger partial charge in [0.2, 0.25) is 0 Å². The molecule has 3 aromatic rings. The van der Waals surface area contributed by atoms with Gasteiger partial charge in [0.1, 0.15) is 0 Å². The average Bonchev–Trinajstić information content (AvgIpc) is 3.09. The summed E-state index contributed by atoms with van der Waals surface area (Å²) >= 11 is 0. The molecule has 2 N–H and O–H groups in total. The Morgan fingerprint density at radius 1 is 1.00 bits per heavy atom. The maximum Gasteiger partial charge on any atom is 0.319 e. The van der Waals surface area contributed by atoms with Crippen LogP contribution in [0.2, 0.25) is 0 Å². The summed E-state index contributed by atoms with van der Waals surface area (Å²) < 4.78 is 0. The molecule has 1 heterocycles. The second-order valence-electron chi connectivity index (χ2n) is 8.18. The zero-order valence-electron chi connectivity index (χ0n) is 18.1. The van der Waals surface area contributed by atoms with E-state index in [0.29, 0.717) is 12.1 Å². The summed E-state index contributed by atoms with van der Waals surface area (Å²) in [5.41, 5.74) is 6.69. The lowest BCUT2D eigenvalue weighted by atomic mass is 10.1.